The molecule has 0 radical (unpaired) electrons. The van der Waals surface area contributed by atoms with Crippen molar-refractivity contribution in [1.29, 1.82) is 5.26 Å². The lowest BCUT2D eigenvalue weighted by Gasteiger charge is -2.29. The second-order valence-corrected chi connectivity index (χ2v) is 9.30. The van der Waals surface area contributed by atoms with Crippen LogP contribution in [0.4, 0.5) is 14.5 Å². The number of hydrogen-bond donors (Lipinski definition) is 2. The SMILES string of the molecule is N#C/C(=C(/Nc1cc(CF)cc(CF)c1)NC1CCC1)S(=O)(=O)c1ccc(Cl)cc1. The molecule has 1 aliphatic carbocycles. The molecule has 5 nitrogen and oxygen atoms in total. The number of nitriles is 1. The van der Waals surface area contributed by atoms with Gasteiger partial charge in [-0.1, -0.05) is 17.7 Å². The lowest BCUT2D eigenvalue weighted by molar-refractivity contribution is 0.365. The van der Waals surface area contributed by atoms with E-state index in [4.69, 9.17) is 11.6 Å². The zero-order valence-corrected chi connectivity index (χ0v) is 17.5. The molecule has 1 fully saturated rings. The van der Waals surface area contributed by atoms with E-state index in [2.05, 4.69) is 10.6 Å². The Morgan fingerprint density at radius 1 is 1.10 bits per heavy atom. The summed E-state index contributed by atoms with van der Waals surface area (Å²) >= 11 is 5.84. The van der Waals surface area contributed by atoms with E-state index in [1.54, 1.807) is 6.07 Å². The third kappa shape index (κ3) is 4.91. The Morgan fingerprint density at radius 3 is 2.17 bits per heavy atom. The molecule has 1 saturated carbocycles. The second kappa shape index (κ2) is 9.45. The number of nitrogens with one attached hydrogen (secondary N) is 2. The first-order valence-corrected chi connectivity index (χ1v) is 11.2. The number of alkyl halides is 2. The fourth-order valence-corrected chi connectivity index (χ4v) is 4.39. The monoisotopic (exact) mass is 451 g/mol. The summed E-state index contributed by atoms with van der Waals surface area (Å²) in [6, 6.07) is 11.6. The van der Waals surface area contributed by atoms with Crippen molar-refractivity contribution in [3.8, 4) is 6.07 Å². The highest BCUT2D eigenvalue weighted by Crippen LogP contribution is 2.27. The third-order valence-corrected chi connectivity index (χ3v) is 6.78. The van der Waals surface area contributed by atoms with E-state index < -0.39 is 28.1 Å². The minimum atomic E-state index is -4.16. The number of halogens is 3. The minimum Gasteiger partial charge on any atom is -0.367 e. The fourth-order valence-electron chi connectivity index (χ4n) is 3.03. The Bertz CT molecular complexity index is 1070. The van der Waals surface area contributed by atoms with Crippen molar-refractivity contribution in [3.63, 3.8) is 0 Å². The largest absolute Gasteiger partial charge is 0.367 e. The van der Waals surface area contributed by atoms with Crippen molar-refractivity contribution in [3.05, 3.63) is 69.3 Å². The summed E-state index contributed by atoms with van der Waals surface area (Å²) in [5, 5.41) is 16.0. The average Bonchev–Trinajstić information content (AvgIpc) is 2.70. The second-order valence-electron chi connectivity index (χ2n) is 6.98. The number of nitrogens with zero attached hydrogens (tertiary/aromatic N) is 1. The Labute approximate surface area is 179 Å². The number of allylic oxidation sites excluding steroid dienone is 1. The molecule has 3 rings (SSSR count). The van der Waals surface area contributed by atoms with Gasteiger partial charge in [-0.3, -0.25) is 0 Å². The molecule has 0 aromatic heterocycles. The first kappa shape index (κ1) is 22.1. The van der Waals surface area contributed by atoms with Crippen molar-refractivity contribution >= 4 is 27.1 Å². The number of sulfone groups is 1. The van der Waals surface area contributed by atoms with Crippen LogP contribution >= 0.6 is 11.6 Å². The summed E-state index contributed by atoms with van der Waals surface area (Å²) in [7, 11) is -4.16. The minimum absolute atomic E-state index is 0.00118. The van der Waals surface area contributed by atoms with E-state index in [0.29, 0.717) is 10.7 Å². The molecule has 0 amide bonds. The number of benzene rings is 2. The van der Waals surface area contributed by atoms with Crippen LogP contribution in [-0.4, -0.2) is 14.5 Å². The van der Waals surface area contributed by atoms with Crippen LogP contribution in [0.25, 0.3) is 0 Å². The van der Waals surface area contributed by atoms with Gasteiger partial charge in [0.05, 0.1) is 4.90 Å². The van der Waals surface area contributed by atoms with Gasteiger partial charge < -0.3 is 10.6 Å². The van der Waals surface area contributed by atoms with Crippen molar-refractivity contribution in [1.82, 2.24) is 5.32 Å². The van der Waals surface area contributed by atoms with Gasteiger partial charge in [0.15, 0.2) is 4.91 Å². The van der Waals surface area contributed by atoms with Crippen LogP contribution in [-0.2, 0) is 23.2 Å². The van der Waals surface area contributed by atoms with Gasteiger partial charge in [0, 0.05) is 16.8 Å². The maximum absolute atomic E-state index is 13.2. The first-order chi connectivity index (χ1) is 14.4. The molecule has 0 aliphatic heterocycles. The molecule has 0 atom stereocenters. The van der Waals surface area contributed by atoms with Crippen LogP contribution in [0.15, 0.2) is 58.1 Å². The Morgan fingerprint density at radius 2 is 1.70 bits per heavy atom. The van der Waals surface area contributed by atoms with Gasteiger partial charge >= 0.3 is 0 Å². The van der Waals surface area contributed by atoms with Crippen LogP contribution in [0, 0.1) is 11.3 Å². The van der Waals surface area contributed by atoms with Crippen LogP contribution in [0.3, 0.4) is 0 Å². The molecule has 0 bridgehead atoms. The van der Waals surface area contributed by atoms with Crippen molar-refractivity contribution in [2.24, 2.45) is 0 Å². The molecule has 0 unspecified atom stereocenters. The topological polar surface area (TPSA) is 82.0 Å². The summed E-state index contributed by atoms with van der Waals surface area (Å²) in [6.07, 6.45) is 2.64. The van der Waals surface area contributed by atoms with Gasteiger partial charge in [-0.25, -0.2) is 17.2 Å². The van der Waals surface area contributed by atoms with Crippen molar-refractivity contribution < 1.29 is 17.2 Å². The molecule has 158 valence electrons. The maximum Gasteiger partial charge on any atom is 0.220 e. The molecule has 0 saturated heterocycles. The van der Waals surface area contributed by atoms with Gasteiger partial charge in [-0.05, 0) is 66.8 Å². The quantitative estimate of drug-likeness (QED) is 0.552. The predicted molar refractivity (Wildman–Crippen MR) is 112 cm³/mol. The predicted octanol–water partition coefficient (Wildman–Crippen LogP) is 5.00. The Kier molecular flexibility index (Phi) is 6.95. The van der Waals surface area contributed by atoms with E-state index in [9.17, 15) is 22.5 Å². The van der Waals surface area contributed by atoms with Gasteiger partial charge in [0.25, 0.3) is 0 Å². The molecule has 1 aliphatic rings. The maximum atomic E-state index is 13.2. The van der Waals surface area contributed by atoms with E-state index in [1.807, 2.05) is 0 Å². The number of anilines is 1. The summed E-state index contributed by atoms with van der Waals surface area (Å²) in [4.78, 5) is -0.593. The van der Waals surface area contributed by atoms with Gasteiger partial charge in [-0.15, -0.1) is 0 Å². The zero-order chi connectivity index (χ0) is 21.7. The normalized spacial score (nSPS) is 15.0. The van der Waals surface area contributed by atoms with Crippen LogP contribution in [0.5, 0.6) is 0 Å². The van der Waals surface area contributed by atoms with Gasteiger partial charge in [0.2, 0.25) is 9.84 Å². The average molecular weight is 452 g/mol. The third-order valence-electron chi connectivity index (χ3n) is 4.81. The van der Waals surface area contributed by atoms with E-state index in [0.717, 1.165) is 19.3 Å². The van der Waals surface area contributed by atoms with Crippen LogP contribution in [0.2, 0.25) is 5.02 Å². The molecule has 0 spiro atoms. The fraction of sp³-hybridized carbons (Fsp3) is 0.286. The first-order valence-electron chi connectivity index (χ1n) is 9.30. The van der Waals surface area contributed by atoms with Gasteiger partial charge in [0.1, 0.15) is 25.2 Å². The van der Waals surface area contributed by atoms with E-state index >= 15 is 0 Å². The lowest BCUT2D eigenvalue weighted by Crippen LogP contribution is -2.38. The molecule has 2 aromatic rings. The van der Waals surface area contributed by atoms with Gasteiger partial charge in [-0.2, -0.15) is 5.26 Å². The standard InChI is InChI=1S/C21H20ClF2N3O2S/c22-16-4-6-19(7-5-16)30(28,29)20(13-25)21(26-17-2-1-3-17)27-18-9-14(11-23)8-15(10-18)12-24/h4-10,17,26-27H,1-3,11-12H2/b21-20-. The number of hydrogen-bond acceptors (Lipinski definition) is 5. The lowest BCUT2D eigenvalue weighted by atomic mass is 9.93. The van der Waals surface area contributed by atoms with Crippen LogP contribution in [0.1, 0.15) is 30.4 Å². The summed E-state index contributed by atoms with van der Waals surface area (Å²) in [5.74, 6) is -0.0158. The van der Waals surface area contributed by atoms with Crippen molar-refractivity contribution in [2.45, 2.75) is 43.5 Å². The Balaban J connectivity index is 2.07. The highest BCUT2D eigenvalue weighted by atomic mass is 35.5. The molecule has 30 heavy (non-hydrogen) atoms. The molecular weight excluding hydrogens is 432 g/mol. The van der Waals surface area contributed by atoms with Crippen LogP contribution < -0.4 is 10.6 Å². The summed E-state index contributed by atoms with van der Waals surface area (Å²) in [5.41, 5.74) is 0.781. The molecule has 9 heteroatoms. The highest BCUT2D eigenvalue weighted by Gasteiger charge is 2.28. The Hall–Kier alpha value is -2.63. The molecule has 2 N–H and O–H groups in total. The molecule has 0 heterocycles. The highest BCUT2D eigenvalue weighted by molar-refractivity contribution is 7.95. The number of rotatable bonds is 8. The smallest absolute Gasteiger partial charge is 0.220 e. The summed E-state index contributed by atoms with van der Waals surface area (Å²) < 4.78 is 52.6. The van der Waals surface area contributed by atoms with E-state index in [-0.39, 0.29) is 27.9 Å². The van der Waals surface area contributed by atoms with Crippen molar-refractivity contribution in [2.75, 3.05) is 5.32 Å². The van der Waals surface area contributed by atoms with E-state index in [1.165, 1.54) is 42.5 Å². The molecular formula is C21H20ClF2N3O2S. The molecule has 2 aromatic carbocycles. The zero-order valence-electron chi connectivity index (χ0n) is 16.0. The summed E-state index contributed by atoms with van der Waals surface area (Å²) in [6.45, 7) is -1.60.